The molecular formula is C16H21N3O2. The Morgan fingerprint density at radius 3 is 2.67 bits per heavy atom. The van der Waals surface area contributed by atoms with Gasteiger partial charge >= 0.3 is 0 Å². The Morgan fingerprint density at radius 2 is 1.90 bits per heavy atom. The number of amides is 2. The summed E-state index contributed by atoms with van der Waals surface area (Å²) in [5.74, 6) is -0.0610. The molecule has 2 amide bonds. The predicted molar refractivity (Wildman–Crippen MR) is 79.6 cm³/mol. The van der Waals surface area contributed by atoms with Gasteiger partial charge in [-0.15, -0.1) is 0 Å². The second-order valence-electron chi connectivity index (χ2n) is 5.71. The third-order valence-electron chi connectivity index (χ3n) is 4.27. The summed E-state index contributed by atoms with van der Waals surface area (Å²) in [6, 6.07) is 7.90. The zero-order chi connectivity index (χ0) is 14.7. The Balaban J connectivity index is 1.51. The first-order valence-corrected chi connectivity index (χ1v) is 7.60. The van der Waals surface area contributed by atoms with Gasteiger partial charge in [-0.3, -0.25) is 9.59 Å². The minimum atomic E-state index is -0.244. The third-order valence-corrected chi connectivity index (χ3v) is 4.27. The van der Waals surface area contributed by atoms with Crippen LogP contribution in [0.4, 0.5) is 0 Å². The van der Waals surface area contributed by atoms with Gasteiger partial charge in [-0.25, -0.2) is 0 Å². The van der Waals surface area contributed by atoms with E-state index in [1.165, 1.54) is 11.1 Å². The van der Waals surface area contributed by atoms with Crippen molar-refractivity contribution in [2.45, 2.75) is 31.8 Å². The van der Waals surface area contributed by atoms with Gasteiger partial charge in [0.05, 0.1) is 12.6 Å². The topological polar surface area (TPSA) is 61.4 Å². The minimum absolute atomic E-state index is 0.0251. The highest BCUT2D eigenvalue weighted by Gasteiger charge is 2.25. The van der Waals surface area contributed by atoms with E-state index in [0.717, 1.165) is 25.9 Å². The standard InChI is InChI=1S/C16H21N3O2/c20-15(19-7-3-4-8-19)11-18-16(21)14-9-12-5-1-2-6-13(12)10-17-14/h1-2,5-6,14,17H,3-4,7-11H2,(H,18,21). The molecule has 5 nitrogen and oxygen atoms in total. The van der Waals surface area contributed by atoms with Crippen LogP contribution in [0.2, 0.25) is 0 Å². The van der Waals surface area contributed by atoms with Crippen LogP contribution in [0.15, 0.2) is 24.3 Å². The smallest absolute Gasteiger partial charge is 0.241 e. The van der Waals surface area contributed by atoms with Crippen molar-refractivity contribution in [1.29, 1.82) is 0 Å². The number of fused-ring (bicyclic) bond motifs is 1. The molecule has 1 unspecified atom stereocenters. The van der Waals surface area contributed by atoms with Crippen LogP contribution in [0.5, 0.6) is 0 Å². The molecule has 2 aliphatic heterocycles. The number of nitrogens with zero attached hydrogens (tertiary/aromatic N) is 1. The number of hydrogen-bond acceptors (Lipinski definition) is 3. The Morgan fingerprint density at radius 1 is 1.19 bits per heavy atom. The lowest BCUT2D eigenvalue weighted by atomic mass is 9.95. The SMILES string of the molecule is O=C(NCC(=O)N1CCCC1)C1Cc2ccccc2CN1. The fourth-order valence-corrected chi connectivity index (χ4v) is 3.00. The predicted octanol–water partition coefficient (Wildman–Crippen LogP) is 0.439. The van der Waals surface area contributed by atoms with E-state index in [2.05, 4.69) is 22.8 Å². The third kappa shape index (κ3) is 3.24. The average Bonchev–Trinajstić information content (AvgIpc) is 3.06. The Bertz CT molecular complexity index is 538. The van der Waals surface area contributed by atoms with E-state index in [-0.39, 0.29) is 24.4 Å². The molecule has 2 N–H and O–H groups in total. The van der Waals surface area contributed by atoms with Crippen molar-refractivity contribution >= 4 is 11.8 Å². The van der Waals surface area contributed by atoms with Crippen molar-refractivity contribution in [3.63, 3.8) is 0 Å². The summed E-state index contributed by atoms with van der Waals surface area (Å²) >= 11 is 0. The lowest BCUT2D eigenvalue weighted by Crippen LogP contribution is -2.50. The van der Waals surface area contributed by atoms with E-state index in [4.69, 9.17) is 0 Å². The Hall–Kier alpha value is -1.88. The molecule has 3 rings (SSSR count). The summed E-state index contributed by atoms with van der Waals surface area (Å²) in [4.78, 5) is 25.9. The monoisotopic (exact) mass is 287 g/mol. The van der Waals surface area contributed by atoms with Gasteiger partial charge in [-0.1, -0.05) is 24.3 Å². The number of carbonyl (C=O) groups excluding carboxylic acids is 2. The fraction of sp³-hybridized carbons (Fsp3) is 0.500. The summed E-state index contributed by atoms with van der Waals surface area (Å²) in [7, 11) is 0. The number of carbonyl (C=O) groups is 2. The van der Waals surface area contributed by atoms with Gasteiger partial charge in [-0.05, 0) is 30.4 Å². The van der Waals surface area contributed by atoms with Crippen LogP contribution in [0.25, 0.3) is 0 Å². The molecule has 2 heterocycles. The quantitative estimate of drug-likeness (QED) is 0.848. The molecule has 1 aromatic rings. The number of rotatable bonds is 3. The van der Waals surface area contributed by atoms with E-state index in [1.54, 1.807) is 0 Å². The second-order valence-corrected chi connectivity index (χ2v) is 5.71. The largest absolute Gasteiger partial charge is 0.346 e. The maximum Gasteiger partial charge on any atom is 0.241 e. The first-order chi connectivity index (χ1) is 10.2. The summed E-state index contributed by atoms with van der Waals surface area (Å²) in [5, 5.41) is 6.00. The maximum absolute atomic E-state index is 12.2. The molecule has 1 atom stereocenters. The van der Waals surface area contributed by atoms with Crippen LogP contribution in [-0.4, -0.2) is 42.4 Å². The van der Waals surface area contributed by atoms with Crippen LogP contribution in [0, 0.1) is 0 Å². The molecule has 5 heteroatoms. The van der Waals surface area contributed by atoms with Crippen LogP contribution in [0.3, 0.4) is 0 Å². The highest BCUT2D eigenvalue weighted by molar-refractivity contribution is 5.87. The van der Waals surface area contributed by atoms with Gasteiger partial charge in [-0.2, -0.15) is 0 Å². The summed E-state index contributed by atoms with van der Waals surface area (Å²) in [6.07, 6.45) is 2.82. The first kappa shape index (κ1) is 14.1. The van der Waals surface area contributed by atoms with Crippen LogP contribution >= 0.6 is 0 Å². The molecule has 0 radical (unpaired) electrons. The molecule has 112 valence electrons. The van der Waals surface area contributed by atoms with Crippen LogP contribution < -0.4 is 10.6 Å². The minimum Gasteiger partial charge on any atom is -0.346 e. The van der Waals surface area contributed by atoms with Gasteiger partial charge in [0.15, 0.2) is 0 Å². The number of benzene rings is 1. The van der Waals surface area contributed by atoms with E-state index < -0.39 is 0 Å². The van der Waals surface area contributed by atoms with Gasteiger partial charge in [0.2, 0.25) is 11.8 Å². The van der Waals surface area contributed by atoms with E-state index in [9.17, 15) is 9.59 Å². The number of hydrogen-bond donors (Lipinski definition) is 2. The zero-order valence-corrected chi connectivity index (χ0v) is 12.1. The molecule has 0 bridgehead atoms. The highest BCUT2D eigenvalue weighted by atomic mass is 16.2. The summed E-state index contributed by atoms with van der Waals surface area (Å²) < 4.78 is 0. The molecular weight excluding hydrogens is 266 g/mol. The average molecular weight is 287 g/mol. The van der Waals surface area contributed by atoms with Crippen molar-refractivity contribution in [2.75, 3.05) is 19.6 Å². The lowest BCUT2D eigenvalue weighted by molar-refractivity contribution is -0.132. The lowest BCUT2D eigenvalue weighted by Gasteiger charge is -2.25. The molecule has 2 aliphatic rings. The highest BCUT2D eigenvalue weighted by Crippen LogP contribution is 2.16. The van der Waals surface area contributed by atoms with Crippen molar-refractivity contribution in [2.24, 2.45) is 0 Å². The summed E-state index contributed by atoms with van der Waals surface area (Å²) in [6.45, 7) is 2.46. The van der Waals surface area contributed by atoms with Gasteiger partial charge in [0.1, 0.15) is 0 Å². The maximum atomic E-state index is 12.2. The summed E-state index contributed by atoms with van der Waals surface area (Å²) in [5.41, 5.74) is 2.46. The molecule has 0 saturated carbocycles. The molecule has 1 aromatic carbocycles. The molecule has 0 aliphatic carbocycles. The number of nitrogens with one attached hydrogen (secondary N) is 2. The van der Waals surface area contributed by atoms with Gasteiger partial charge in [0.25, 0.3) is 0 Å². The van der Waals surface area contributed by atoms with E-state index in [0.29, 0.717) is 13.0 Å². The molecule has 1 saturated heterocycles. The van der Waals surface area contributed by atoms with Gasteiger partial charge < -0.3 is 15.5 Å². The van der Waals surface area contributed by atoms with Crippen molar-refractivity contribution in [3.8, 4) is 0 Å². The van der Waals surface area contributed by atoms with Crippen molar-refractivity contribution in [3.05, 3.63) is 35.4 Å². The van der Waals surface area contributed by atoms with Gasteiger partial charge in [0, 0.05) is 19.6 Å². The normalized spacial score (nSPS) is 21.0. The number of likely N-dealkylation sites (tertiary alicyclic amines) is 1. The zero-order valence-electron chi connectivity index (χ0n) is 12.1. The second kappa shape index (κ2) is 6.26. The Labute approximate surface area is 124 Å². The fourth-order valence-electron chi connectivity index (χ4n) is 3.00. The van der Waals surface area contributed by atoms with Crippen molar-refractivity contribution in [1.82, 2.24) is 15.5 Å². The first-order valence-electron chi connectivity index (χ1n) is 7.60. The molecule has 0 spiro atoms. The van der Waals surface area contributed by atoms with Crippen LogP contribution in [-0.2, 0) is 22.6 Å². The van der Waals surface area contributed by atoms with E-state index >= 15 is 0 Å². The Kier molecular flexibility index (Phi) is 4.20. The molecule has 0 aromatic heterocycles. The molecule has 1 fully saturated rings. The van der Waals surface area contributed by atoms with Crippen molar-refractivity contribution < 1.29 is 9.59 Å². The van der Waals surface area contributed by atoms with E-state index in [1.807, 2.05) is 17.0 Å². The van der Waals surface area contributed by atoms with Crippen LogP contribution in [0.1, 0.15) is 24.0 Å². The molecule has 21 heavy (non-hydrogen) atoms.